The molecule has 0 aliphatic rings. The molecule has 0 heterocycles. The third kappa shape index (κ3) is 5.52. The lowest BCUT2D eigenvalue weighted by Gasteiger charge is -2.22. The Labute approximate surface area is 144 Å². The second-order valence-corrected chi connectivity index (χ2v) is 8.17. The van der Waals surface area contributed by atoms with Crippen LogP contribution in [-0.4, -0.2) is 34.7 Å². The molecular formula is C13H16Br2N2O3S. The van der Waals surface area contributed by atoms with Gasteiger partial charge in [0, 0.05) is 20.2 Å². The molecule has 0 atom stereocenters. The summed E-state index contributed by atoms with van der Waals surface area (Å²) in [4.78, 5) is 23.2. The van der Waals surface area contributed by atoms with Crippen LogP contribution in [0.25, 0.3) is 0 Å². The van der Waals surface area contributed by atoms with Gasteiger partial charge in [-0.1, -0.05) is 15.9 Å². The van der Waals surface area contributed by atoms with Gasteiger partial charge >= 0.3 is 12.0 Å². The number of hydrogen-bond donors (Lipinski definition) is 3. The van der Waals surface area contributed by atoms with E-state index in [2.05, 4.69) is 42.5 Å². The summed E-state index contributed by atoms with van der Waals surface area (Å²) in [6.07, 6.45) is 1.97. The van der Waals surface area contributed by atoms with E-state index in [1.165, 1.54) is 6.07 Å². The van der Waals surface area contributed by atoms with Crippen LogP contribution in [0.1, 0.15) is 24.2 Å². The van der Waals surface area contributed by atoms with Crippen LogP contribution >= 0.6 is 43.6 Å². The molecule has 2 amide bonds. The van der Waals surface area contributed by atoms with Crippen molar-refractivity contribution in [1.82, 2.24) is 5.32 Å². The number of thioether (sulfide) groups is 1. The number of hydrogen-bond acceptors (Lipinski definition) is 3. The first-order chi connectivity index (χ1) is 9.66. The fourth-order valence-electron chi connectivity index (χ4n) is 1.39. The van der Waals surface area contributed by atoms with Crippen molar-refractivity contribution in [1.29, 1.82) is 0 Å². The number of halogens is 2. The first-order valence-corrected chi connectivity index (χ1v) is 8.79. The van der Waals surface area contributed by atoms with Crippen molar-refractivity contribution in [3.8, 4) is 0 Å². The number of aromatic carboxylic acids is 1. The Bertz CT molecular complexity index is 565. The molecule has 0 aliphatic carbocycles. The fourth-order valence-corrected chi connectivity index (χ4v) is 2.93. The van der Waals surface area contributed by atoms with E-state index in [0.29, 0.717) is 15.5 Å². The molecule has 0 aliphatic heterocycles. The predicted molar refractivity (Wildman–Crippen MR) is 93.4 cm³/mol. The van der Waals surface area contributed by atoms with E-state index in [1.54, 1.807) is 17.8 Å². The highest BCUT2D eigenvalue weighted by Crippen LogP contribution is 2.31. The second-order valence-electron chi connectivity index (χ2n) is 4.89. The molecule has 0 unspecified atom stereocenters. The van der Waals surface area contributed by atoms with E-state index in [1.807, 2.05) is 20.1 Å². The number of rotatable bonds is 5. The molecule has 1 aromatic rings. The highest BCUT2D eigenvalue weighted by Gasteiger charge is 2.19. The first-order valence-electron chi connectivity index (χ1n) is 5.98. The molecular weight excluding hydrogens is 424 g/mol. The predicted octanol–water partition coefficient (Wildman–Crippen LogP) is 4.17. The van der Waals surface area contributed by atoms with Gasteiger partial charge in [-0.15, -0.1) is 0 Å². The molecule has 0 spiro atoms. The highest BCUT2D eigenvalue weighted by atomic mass is 79.9. The Kier molecular flexibility index (Phi) is 6.55. The standard InChI is InChI=1S/C13H16Br2N2O3S/c1-13(2,21-3)6-16-12(20)17-10-8(11(18)19)4-7(14)5-9(10)15/h4-5H,6H2,1-3H3,(H,18,19)(H2,16,17,20). The zero-order valence-corrected chi connectivity index (χ0v) is 15.8. The third-order valence-corrected chi connectivity index (χ3v) is 5.08. The van der Waals surface area contributed by atoms with Crippen molar-refractivity contribution in [3.05, 3.63) is 26.6 Å². The van der Waals surface area contributed by atoms with E-state index >= 15 is 0 Å². The number of amides is 2. The maximum absolute atomic E-state index is 11.9. The Morgan fingerprint density at radius 3 is 2.48 bits per heavy atom. The topological polar surface area (TPSA) is 78.4 Å². The summed E-state index contributed by atoms with van der Waals surface area (Å²) in [5, 5.41) is 14.5. The number of anilines is 1. The molecule has 3 N–H and O–H groups in total. The summed E-state index contributed by atoms with van der Waals surface area (Å²) in [5.41, 5.74) is 0.237. The number of carbonyl (C=O) groups excluding carboxylic acids is 1. The molecule has 0 aromatic heterocycles. The highest BCUT2D eigenvalue weighted by molar-refractivity contribution is 9.11. The number of carboxylic acid groups (broad SMARTS) is 1. The first kappa shape index (κ1) is 18.3. The molecule has 0 saturated carbocycles. The van der Waals surface area contributed by atoms with Crippen molar-refractivity contribution in [2.24, 2.45) is 0 Å². The van der Waals surface area contributed by atoms with Crippen LogP contribution in [0, 0.1) is 0 Å². The number of urea groups is 1. The molecule has 1 rings (SSSR count). The lowest BCUT2D eigenvalue weighted by molar-refractivity contribution is 0.0698. The van der Waals surface area contributed by atoms with Crippen molar-refractivity contribution < 1.29 is 14.7 Å². The molecule has 5 nitrogen and oxygen atoms in total. The van der Waals surface area contributed by atoms with E-state index in [0.717, 1.165) is 0 Å². The summed E-state index contributed by atoms with van der Waals surface area (Å²) in [7, 11) is 0. The minimum absolute atomic E-state index is 0.00975. The van der Waals surface area contributed by atoms with Gasteiger partial charge in [-0.25, -0.2) is 9.59 Å². The molecule has 0 radical (unpaired) electrons. The normalized spacial score (nSPS) is 11.1. The van der Waals surface area contributed by atoms with Gasteiger partial charge in [-0.3, -0.25) is 0 Å². The van der Waals surface area contributed by atoms with Gasteiger partial charge in [0.1, 0.15) is 0 Å². The minimum Gasteiger partial charge on any atom is -0.478 e. The van der Waals surface area contributed by atoms with Gasteiger partial charge in [-0.2, -0.15) is 11.8 Å². The van der Waals surface area contributed by atoms with E-state index < -0.39 is 12.0 Å². The molecule has 0 saturated heterocycles. The van der Waals surface area contributed by atoms with Gasteiger partial charge in [0.05, 0.1) is 11.3 Å². The number of benzene rings is 1. The molecule has 8 heteroatoms. The van der Waals surface area contributed by atoms with Crippen LogP contribution in [0.4, 0.5) is 10.5 Å². The lowest BCUT2D eigenvalue weighted by atomic mass is 10.2. The van der Waals surface area contributed by atoms with Crippen LogP contribution in [0.2, 0.25) is 0 Å². The van der Waals surface area contributed by atoms with Crippen LogP contribution in [-0.2, 0) is 0 Å². The van der Waals surface area contributed by atoms with Crippen molar-refractivity contribution >= 4 is 61.3 Å². The molecule has 116 valence electrons. The van der Waals surface area contributed by atoms with Gasteiger partial charge < -0.3 is 15.7 Å². The monoisotopic (exact) mass is 438 g/mol. The fraction of sp³-hybridized carbons (Fsp3) is 0.385. The Hall–Kier alpha value is -0.730. The zero-order valence-electron chi connectivity index (χ0n) is 11.8. The minimum atomic E-state index is -1.11. The molecule has 0 bridgehead atoms. The molecule has 21 heavy (non-hydrogen) atoms. The quantitative estimate of drug-likeness (QED) is 0.643. The van der Waals surface area contributed by atoms with Crippen molar-refractivity contribution in [2.75, 3.05) is 18.1 Å². The largest absolute Gasteiger partial charge is 0.478 e. The maximum Gasteiger partial charge on any atom is 0.337 e. The smallest absolute Gasteiger partial charge is 0.337 e. The Morgan fingerprint density at radius 2 is 1.95 bits per heavy atom. The zero-order chi connectivity index (χ0) is 16.2. The summed E-state index contributed by atoms with van der Waals surface area (Å²) in [6.45, 7) is 4.49. The summed E-state index contributed by atoms with van der Waals surface area (Å²) >= 11 is 8.12. The van der Waals surface area contributed by atoms with Gasteiger partial charge in [-0.05, 0) is 48.2 Å². The second kappa shape index (κ2) is 7.51. The van der Waals surface area contributed by atoms with Crippen LogP contribution in [0.3, 0.4) is 0 Å². The Morgan fingerprint density at radius 1 is 1.33 bits per heavy atom. The van der Waals surface area contributed by atoms with Crippen LogP contribution < -0.4 is 10.6 Å². The van der Waals surface area contributed by atoms with E-state index in [9.17, 15) is 14.7 Å². The summed E-state index contributed by atoms with van der Waals surface area (Å²) < 4.78 is 1.01. The van der Waals surface area contributed by atoms with Crippen LogP contribution in [0.5, 0.6) is 0 Å². The summed E-state index contributed by atoms with van der Waals surface area (Å²) in [5.74, 6) is -1.11. The van der Waals surface area contributed by atoms with Gasteiger partial charge in [0.2, 0.25) is 0 Å². The summed E-state index contributed by atoms with van der Waals surface area (Å²) in [6, 6.07) is 2.67. The van der Waals surface area contributed by atoms with E-state index in [4.69, 9.17) is 0 Å². The molecule has 0 fully saturated rings. The number of nitrogens with one attached hydrogen (secondary N) is 2. The lowest BCUT2D eigenvalue weighted by Crippen LogP contribution is -2.38. The SMILES string of the molecule is CSC(C)(C)CNC(=O)Nc1c(Br)cc(Br)cc1C(=O)O. The average molecular weight is 440 g/mol. The Balaban J connectivity index is 2.88. The van der Waals surface area contributed by atoms with Gasteiger partial charge in [0.25, 0.3) is 0 Å². The van der Waals surface area contributed by atoms with Gasteiger partial charge in [0.15, 0.2) is 0 Å². The maximum atomic E-state index is 11.9. The van der Waals surface area contributed by atoms with Crippen molar-refractivity contribution in [3.63, 3.8) is 0 Å². The number of carbonyl (C=O) groups is 2. The van der Waals surface area contributed by atoms with Crippen LogP contribution in [0.15, 0.2) is 21.1 Å². The van der Waals surface area contributed by atoms with Crippen molar-refractivity contribution in [2.45, 2.75) is 18.6 Å². The average Bonchev–Trinajstić information content (AvgIpc) is 2.39. The van der Waals surface area contributed by atoms with E-state index in [-0.39, 0.29) is 16.0 Å². The number of carboxylic acids is 1. The molecule has 1 aromatic carbocycles. The third-order valence-electron chi connectivity index (χ3n) is 2.75.